The molecule has 1 heterocycles. The van der Waals surface area contributed by atoms with Gasteiger partial charge in [0, 0.05) is 39.3 Å². The first-order valence-electron chi connectivity index (χ1n) is 6.61. The molecule has 1 atom stereocenters. The Morgan fingerprint density at radius 3 is 2.70 bits per heavy atom. The minimum atomic E-state index is -0.381. The highest BCUT2D eigenvalue weighted by atomic mass is 16.6. The number of benzene rings is 1. The Morgan fingerprint density at radius 1 is 1.40 bits per heavy atom. The monoisotopic (exact) mass is 277 g/mol. The van der Waals surface area contributed by atoms with E-state index in [2.05, 4.69) is 4.90 Å². The molecule has 0 bridgehead atoms. The van der Waals surface area contributed by atoms with E-state index in [4.69, 9.17) is 0 Å². The Kier molecular flexibility index (Phi) is 4.04. The first-order valence-corrected chi connectivity index (χ1v) is 6.61. The third-order valence-corrected chi connectivity index (χ3v) is 3.79. The number of non-ortho nitro benzene ring substituents is 1. The zero-order valence-corrected chi connectivity index (χ0v) is 12.0. The summed E-state index contributed by atoms with van der Waals surface area (Å²) in [6.07, 6.45) is 0.818. The summed E-state index contributed by atoms with van der Waals surface area (Å²) >= 11 is 0. The fourth-order valence-corrected chi connectivity index (χ4v) is 2.54. The van der Waals surface area contributed by atoms with Crippen molar-refractivity contribution < 1.29 is 9.72 Å². The third-order valence-electron chi connectivity index (χ3n) is 3.79. The topological polar surface area (TPSA) is 66.7 Å². The summed E-state index contributed by atoms with van der Waals surface area (Å²) in [5.41, 5.74) is 2.19. The van der Waals surface area contributed by atoms with Crippen molar-refractivity contribution in [3.05, 3.63) is 39.4 Å². The highest BCUT2D eigenvalue weighted by Gasteiger charge is 2.27. The van der Waals surface area contributed by atoms with E-state index in [1.807, 2.05) is 13.0 Å². The van der Waals surface area contributed by atoms with Gasteiger partial charge in [0.2, 0.25) is 5.91 Å². The van der Waals surface area contributed by atoms with Crippen LogP contribution < -0.4 is 0 Å². The average Bonchev–Trinajstić information content (AvgIpc) is 2.44. The van der Waals surface area contributed by atoms with Gasteiger partial charge in [-0.15, -0.1) is 0 Å². The molecule has 20 heavy (non-hydrogen) atoms. The number of hydrogen-bond donors (Lipinski definition) is 0. The van der Waals surface area contributed by atoms with Gasteiger partial charge in [-0.2, -0.15) is 0 Å². The van der Waals surface area contributed by atoms with Crippen molar-refractivity contribution in [2.24, 2.45) is 0 Å². The molecule has 6 heteroatoms. The summed E-state index contributed by atoms with van der Waals surface area (Å²) in [5, 5.41) is 10.8. The van der Waals surface area contributed by atoms with Crippen molar-refractivity contribution in [1.29, 1.82) is 0 Å². The molecule has 0 N–H and O–H groups in total. The highest BCUT2D eigenvalue weighted by Crippen LogP contribution is 2.25. The molecule has 6 nitrogen and oxygen atoms in total. The molecule has 0 saturated heterocycles. The van der Waals surface area contributed by atoms with Crippen molar-refractivity contribution in [1.82, 2.24) is 9.80 Å². The molecular weight excluding hydrogens is 258 g/mol. The lowest BCUT2D eigenvalue weighted by atomic mass is 9.98. The van der Waals surface area contributed by atoms with Gasteiger partial charge in [-0.05, 0) is 24.5 Å². The summed E-state index contributed by atoms with van der Waals surface area (Å²) in [6.45, 7) is 3.26. The second-order valence-electron chi connectivity index (χ2n) is 5.34. The molecule has 0 aliphatic carbocycles. The second-order valence-corrected chi connectivity index (χ2v) is 5.34. The van der Waals surface area contributed by atoms with Crippen LogP contribution in [0.5, 0.6) is 0 Å². The molecule has 0 spiro atoms. The first-order chi connectivity index (χ1) is 9.40. The van der Waals surface area contributed by atoms with Crippen LogP contribution in [0.2, 0.25) is 0 Å². The fraction of sp³-hybridized carbons (Fsp3) is 0.500. The molecular formula is C14H19N3O3. The molecule has 0 fully saturated rings. The summed E-state index contributed by atoms with van der Waals surface area (Å²) in [5.74, 6) is 0.0545. The van der Waals surface area contributed by atoms with Gasteiger partial charge in [0.15, 0.2) is 0 Å². The number of likely N-dealkylation sites (N-methyl/N-ethyl adjacent to an activating group) is 1. The standard InChI is InChI=1S/C14H19N3O3/c1-10(14(18)15(2)3)16-7-6-11-4-5-13(17(19)20)8-12(11)9-16/h4-5,8,10H,6-7,9H2,1-3H3/t10-/m1/s1. The average molecular weight is 277 g/mol. The van der Waals surface area contributed by atoms with Crippen LogP contribution in [0, 0.1) is 10.1 Å². The molecule has 2 rings (SSSR count). The molecule has 0 saturated carbocycles. The molecule has 1 amide bonds. The van der Waals surface area contributed by atoms with Gasteiger partial charge in [0.1, 0.15) is 0 Å². The van der Waals surface area contributed by atoms with Crippen LogP contribution >= 0.6 is 0 Å². The van der Waals surface area contributed by atoms with Gasteiger partial charge in [0.25, 0.3) is 5.69 Å². The van der Waals surface area contributed by atoms with Gasteiger partial charge in [-0.1, -0.05) is 6.07 Å². The molecule has 1 aromatic rings. The number of rotatable bonds is 3. The number of amides is 1. The third kappa shape index (κ3) is 2.80. The normalized spacial score (nSPS) is 16.4. The van der Waals surface area contributed by atoms with E-state index in [1.54, 1.807) is 31.1 Å². The van der Waals surface area contributed by atoms with E-state index >= 15 is 0 Å². The molecule has 1 aliphatic heterocycles. The van der Waals surface area contributed by atoms with E-state index in [-0.39, 0.29) is 22.6 Å². The van der Waals surface area contributed by atoms with Crippen LogP contribution in [0.25, 0.3) is 0 Å². The number of nitro groups is 1. The Labute approximate surface area is 118 Å². The molecule has 1 aromatic carbocycles. The zero-order chi connectivity index (χ0) is 14.9. The fourth-order valence-electron chi connectivity index (χ4n) is 2.54. The van der Waals surface area contributed by atoms with Gasteiger partial charge in [-0.25, -0.2) is 0 Å². The summed E-state index contributed by atoms with van der Waals surface area (Å²) < 4.78 is 0. The smallest absolute Gasteiger partial charge is 0.269 e. The van der Waals surface area contributed by atoms with Crippen molar-refractivity contribution >= 4 is 11.6 Å². The summed E-state index contributed by atoms with van der Waals surface area (Å²) in [6, 6.07) is 4.78. The number of nitrogens with zero attached hydrogens (tertiary/aromatic N) is 3. The first kappa shape index (κ1) is 14.5. The maximum absolute atomic E-state index is 12.0. The quantitative estimate of drug-likeness (QED) is 0.619. The summed E-state index contributed by atoms with van der Waals surface area (Å²) in [7, 11) is 3.48. The Morgan fingerprint density at radius 2 is 2.10 bits per heavy atom. The number of carbonyl (C=O) groups excluding carboxylic acids is 1. The molecule has 0 radical (unpaired) electrons. The van der Waals surface area contributed by atoms with E-state index in [9.17, 15) is 14.9 Å². The van der Waals surface area contributed by atoms with Gasteiger partial charge in [0.05, 0.1) is 11.0 Å². The van der Waals surface area contributed by atoms with Gasteiger partial charge in [-0.3, -0.25) is 19.8 Å². The maximum Gasteiger partial charge on any atom is 0.269 e. The van der Waals surface area contributed by atoms with Crippen LogP contribution in [-0.4, -0.2) is 47.3 Å². The van der Waals surface area contributed by atoms with Crippen molar-refractivity contribution in [2.75, 3.05) is 20.6 Å². The predicted octanol–water partition coefficient (Wildman–Crippen LogP) is 1.43. The minimum absolute atomic E-state index is 0.0545. The van der Waals surface area contributed by atoms with Crippen molar-refractivity contribution in [2.45, 2.75) is 25.9 Å². The van der Waals surface area contributed by atoms with Gasteiger partial charge < -0.3 is 4.90 Å². The Hall–Kier alpha value is -1.95. The maximum atomic E-state index is 12.0. The lowest BCUT2D eigenvalue weighted by Crippen LogP contribution is -2.46. The highest BCUT2D eigenvalue weighted by molar-refractivity contribution is 5.81. The number of hydrogen-bond acceptors (Lipinski definition) is 4. The molecule has 108 valence electrons. The van der Waals surface area contributed by atoms with Crippen LogP contribution in [0.15, 0.2) is 18.2 Å². The van der Waals surface area contributed by atoms with E-state index in [1.165, 1.54) is 0 Å². The van der Waals surface area contributed by atoms with Crippen LogP contribution in [0.3, 0.4) is 0 Å². The molecule has 0 unspecified atom stereocenters. The minimum Gasteiger partial charge on any atom is -0.347 e. The number of nitro benzene ring substituents is 1. The zero-order valence-electron chi connectivity index (χ0n) is 12.0. The van der Waals surface area contributed by atoms with Crippen LogP contribution in [0.4, 0.5) is 5.69 Å². The SMILES string of the molecule is C[C@H](C(=O)N(C)C)N1CCc2ccc([N+](=O)[O-])cc2C1. The number of fused-ring (bicyclic) bond motifs is 1. The predicted molar refractivity (Wildman–Crippen MR) is 75.4 cm³/mol. The molecule has 1 aliphatic rings. The second kappa shape index (κ2) is 5.58. The van der Waals surface area contributed by atoms with Crippen LogP contribution in [-0.2, 0) is 17.8 Å². The lowest BCUT2D eigenvalue weighted by molar-refractivity contribution is -0.385. The van der Waals surface area contributed by atoms with E-state index in [0.717, 1.165) is 24.1 Å². The van der Waals surface area contributed by atoms with Gasteiger partial charge >= 0.3 is 0 Å². The molecule has 0 aromatic heterocycles. The number of carbonyl (C=O) groups is 1. The van der Waals surface area contributed by atoms with Crippen molar-refractivity contribution in [3.63, 3.8) is 0 Å². The lowest BCUT2D eigenvalue weighted by Gasteiger charge is -2.33. The summed E-state index contributed by atoms with van der Waals surface area (Å²) in [4.78, 5) is 26.1. The Balaban J connectivity index is 2.19. The largest absolute Gasteiger partial charge is 0.347 e. The van der Waals surface area contributed by atoms with Crippen LogP contribution in [0.1, 0.15) is 18.1 Å². The van der Waals surface area contributed by atoms with Crippen molar-refractivity contribution in [3.8, 4) is 0 Å². The van der Waals surface area contributed by atoms with E-state index in [0.29, 0.717) is 6.54 Å². The van der Waals surface area contributed by atoms with E-state index < -0.39 is 0 Å². The Bertz CT molecular complexity index is 542.